The minimum Gasteiger partial charge on any atom is -0.408 e. The number of alkyl halides is 1. The van der Waals surface area contributed by atoms with Crippen LogP contribution in [-0.4, -0.2) is 17.1 Å². The average molecular weight is 241 g/mol. The monoisotopic (exact) mass is 240 g/mol. The lowest BCUT2D eigenvalue weighted by atomic mass is 10.1. The van der Waals surface area contributed by atoms with E-state index in [0.717, 1.165) is 24.0 Å². The van der Waals surface area contributed by atoms with Crippen LogP contribution in [0.2, 0.25) is 0 Å². The van der Waals surface area contributed by atoms with Crippen molar-refractivity contribution >= 4 is 22.7 Å². The van der Waals surface area contributed by atoms with E-state index in [0.29, 0.717) is 11.6 Å². The highest BCUT2D eigenvalue weighted by Gasteiger charge is 2.05. The quantitative estimate of drug-likeness (QED) is 0.500. The SMILES string of the molecule is Cn1c(=O)oc2ccc(CCNCCl)cc21. The molecule has 0 amide bonds. The molecule has 0 unspecified atom stereocenters. The number of aryl methyl sites for hydroxylation is 1. The first kappa shape index (κ1) is 11.2. The van der Waals surface area contributed by atoms with Gasteiger partial charge in [-0.1, -0.05) is 6.07 Å². The van der Waals surface area contributed by atoms with Crippen LogP contribution in [0.25, 0.3) is 11.1 Å². The summed E-state index contributed by atoms with van der Waals surface area (Å²) in [4.78, 5) is 11.3. The molecule has 0 bridgehead atoms. The molecule has 0 spiro atoms. The standard InChI is InChI=1S/C11H13ClN2O2/c1-14-9-6-8(4-5-13-7-12)2-3-10(9)16-11(14)15/h2-3,6,13H,4-5,7H2,1H3. The highest BCUT2D eigenvalue weighted by molar-refractivity contribution is 6.17. The molecule has 0 fully saturated rings. The molecule has 1 aromatic carbocycles. The van der Waals surface area contributed by atoms with Crippen LogP contribution in [0.3, 0.4) is 0 Å². The number of nitrogens with one attached hydrogen (secondary N) is 1. The average Bonchev–Trinajstić information content (AvgIpc) is 2.56. The maximum atomic E-state index is 11.3. The van der Waals surface area contributed by atoms with Gasteiger partial charge in [0.25, 0.3) is 0 Å². The van der Waals surface area contributed by atoms with Gasteiger partial charge in [-0.25, -0.2) is 4.79 Å². The summed E-state index contributed by atoms with van der Waals surface area (Å²) in [5.41, 5.74) is 2.61. The van der Waals surface area contributed by atoms with E-state index in [1.54, 1.807) is 7.05 Å². The fourth-order valence-electron chi connectivity index (χ4n) is 1.63. The van der Waals surface area contributed by atoms with Crippen LogP contribution in [0, 0.1) is 0 Å². The molecule has 0 atom stereocenters. The van der Waals surface area contributed by atoms with Crippen LogP contribution in [0.4, 0.5) is 0 Å². The fourth-order valence-corrected chi connectivity index (χ4v) is 1.76. The lowest BCUT2D eigenvalue weighted by Crippen LogP contribution is -2.14. The largest absolute Gasteiger partial charge is 0.419 e. The Morgan fingerprint density at radius 1 is 1.50 bits per heavy atom. The summed E-state index contributed by atoms with van der Waals surface area (Å²) in [6.07, 6.45) is 0.877. The third-order valence-electron chi connectivity index (χ3n) is 2.54. The first-order valence-electron chi connectivity index (χ1n) is 5.07. The number of hydrogen-bond donors (Lipinski definition) is 1. The van der Waals surface area contributed by atoms with E-state index < -0.39 is 0 Å². The summed E-state index contributed by atoms with van der Waals surface area (Å²) in [7, 11) is 1.70. The Balaban J connectivity index is 2.28. The number of benzene rings is 1. The number of rotatable bonds is 4. The van der Waals surface area contributed by atoms with Crippen molar-refractivity contribution in [1.82, 2.24) is 9.88 Å². The molecule has 0 aliphatic heterocycles. The van der Waals surface area contributed by atoms with Crippen molar-refractivity contribution in [2.24, 2.45) is 7.05 Å². The van der Waals surface area contributed by atoms with Crippen molar-refractivity contribution in [2.45, 2.75) is 6.42 Å². The molecule has 1 N–H and O–H groups in total. The third-order valence-corrected chi connectivity index (χ3v) is 2.73. The Bertz CT molecular complexity index is 544. The van der Waals surface area contributed by atoms with Crippen LogP contribution in [0.15, 0.2) is 27.4 Å². The lowest BCUT2D eigenvalue weighted by Gasteiger charge is -2.01. The number of halogens is 1. The Morgan fingerprint density at radius 2 is 2.31 bits per heavy atom. The van der Waals surface area contributed by atoms with E-state index in [1.165, 1.54) is 4.57 Å². The highest BCUT2D eigenvalue weighted by atomic mass is 35.5. The van der Waals surface area contributed by atoms with Crippen molar-refractivity contribution in [2.75, 3.05) is 12.5 Å². The third kappa shape index (κ3) is 2.13. The topological polar surface area (TPSA) is 47.2 Å². The Morgan fingerprint density at radius 3 is 3.06 bits per heavy atom. The van der Waals surface area contributed by atoms with Gasteiger partial charge in [0.15, 0.2) is 5.58 Å². The van der Waals surface area contributed by atoms with E-state index >= 15 is 0 Å². The Kier molecular flexibility index (Phi) is 3.31. The molecule has 0 radical (unpaired) electrons. The summed E-state index contributed by atoms with van der Waals surface area (Å²) in [6.45, 7) is 0.820. The molecule has 0 aliphatic rings. The zero-order valence-electron chi connectivity index (χ0n) is 9.00. The van der Waals surface area contributed by atoms with Gasteiger partial charge >= 0.3 is 5.76 Å². The van der Waals surface area contributed by atoms with Crippen molar-refractivity contribution in [1.29, 1.82) is 0 Å². The van der Waals surface area contributed by atoms with Crippen molar-refractivity contribution in [3.63, 3.8) is 0 Å². The Labute approximate surface area is 97.8 Å². The van der Waals surface area contributed by atoms with Gasteiger partial charge in [-0.15, -0.1) is 11.6 Å². The predicted octanol–water partition coefficient (Wildman–Crippen LogP) is 1.46. The van der Waals surface area contributed by atoms with Crippen LogP contribution in [0.1, 0.15) is 5.56 Å². The van der Waals surface area contributed by atoms with Gasteiger partial charge in [0.1, 0.15) is 0 Å². The summed E-state index contributed by atoms with van der Waals surface area (Å²) in [6, 6.07) is 6.20. The molecule has 2 aromatic rings. The van der Waals surface area contributed by atoms with Gasteiger partial charge in [0.05, 0.1) is 11.5 Å². The second-order valence-electron chi connectivity index (χ2n) is 3.61. The number of hydrogen-bond acceptors (Lipinski definition) is 3. The van der Waals surface area contributed by atoms with E-state index in [-0.39, 0.29) is 5.76 Å². The van der Waals surface area contributed by atoms with Gasteiger partial charge in [0, 0.05) is 13.6 Å². The molecule has 16 heavy (non-hydrogen) atoms. The van der Waals surface area contributed by atoms with Gasteiger partial charge < -0.3 is 9.73 Å². The summed E-state index contributed by atoms with van der Waals surface area (Å²) >= 11 is 5.52. The fraction of sp³-hybridized carbons (Fsp3) is 0.364. The molecule has 86 valence electrons. The van der Waals surface area contributed by atoms with Gasteiger partial charge in [-0.3, -0.25) is 4.57 Å². The van der Waals surface area contributed by atoms with Crippen LogP contribution in [-0.2, 0) is 13.5 Å². The Hall–Kier alpha value is -1.26. The molecule has 4 nitrogen and oxygen atoms in total. The second kappa shape index (κ2) is 4.72. The zero-order chi connectivity index (χ0) is 11.5. The summed E-state index contributed by atoms with van der Waals surface area (Å²) in [5, 5.41) is 3.04. The maximum Gasteiger partial charge on any atom is 0.419 e. The summed E-state index contributed by atoms with van der Waals surface area (Å²) in [5.74, 6) is -0.328. The van der Waals surface area contributed by atoms with Crippen LogP contribution in [0.5, 0.6) is 0 Å². The first-order chi connectivity index (χ1) is 7.72. The highest BCUT2D eigenvalue weighted by Crippen LogP contribution is 2.14. The van der Waals surface area contributed by atoms with Crippen molar-refractivity contribution in [3.05, 3.63) is 34.3 Å². The minimum atomic E-state index is -0.328. The summed E-state index contributed by atoms with van der Waals surface area (Å²) < 4.78 is 6.56. The maximum absolute atomic E-state index is 11.3. The number of oxazole rings is 1. The van der Waals surface area contributed by atoms with E-state index in [9.17, 15) is 4.79 Å². The van der Waals surface area contributed by atoms with Crippen LogP contribution >= 0.6 is 11.6 Å². The molecule has 1 aromatic heterocycles. The van der Waals surface area contributed by atoms with E-state index in [4.69, 9.17) is 16.0 Å². The van der Waals surface area contributed by atoms with Gasteiger partial charge in [-0.2, -0.15) is 0 Å². The van der Waals surface area contributed by atoms with Crippen molar-refractivity contribution < 1.29 is 4.42 Å². The van der Waals surface area contributed by atoms with Crippen LogP contribution < -0.4 is 11.1 Å². The normalized spacial score (nSPS) is 11.1. The van der Waals surface area contributed by atoms with Gasteiger partial charge in [-0.05, 0) is 24.1 Å². The number of aromatic nitrogens is 1. The molecule has 0 saturated heterocycles. The molecule has 0 saturated carbocycles. The smallest absolute Gasteiger partial charge is 0.408 e. The molecule has 1 heterocycles. The van der Waals surface area contributed by atoms with E-state index in [2.05, 4.69) is 5.32 Å². The van der Waals surface area contributed by atoms with Gasteiger partial charge in [0.2, 0.25) is 0 Å². The molecular formula is C11H13ClN2O2. The molecule has 2 rings (SSSR count). The van der Waals surface area contributed by atoms with E-state index in [1.807, 2.05) is 18.2 Å². The number of fused-ring (bicyclic) bond motifs is 1. The second-order valence-corrected chi connectivity index (χ2v) is 3.88. The lowest BCUT2D eigenvalue weighted by molar-refractivity contribution is 0.528. The van der Waals surface area contributed by atoms with Crippen molar-refractivity contribution in [3.8, 4) is 0 Å². The molecule has 0 aliphatic carbocycles. The molecule has 5 heteroatoms. The predicted molar refractivity (Wildman–Crippen MR) is 63.9 cm³/mol. The molecular weight excluding hydrogens is 228 g/mol. The number of nitrogens with zero attached hydrogens (tertiary/aromatic N) is 1. The first-order valence-corrected chi connectivity index (χ1v) is 5.61. The zero-order valence-corrected chi connectivity index (χ0v) is 9.75. The minimum absolute atomic E-state index is 0.328.